The van der Waals surface area contributed by atoms with E-state index >= 15 is 0 Å². The molecule has 0 aromatic heterocycles. The molecule has 0 aromatic rings. The zero-order valence-electron chi connectivity index (χ0n) is 21.4. The molecule has 0 aromatic carbocycles. The van der Waals surface area contributed by atoms with E-state index in [4.69, 9.17) is 9.47 Å². The van der Waals surface area contributed by atoms with Crippen LogP contribution in [0.15, 0.2) is 24.3 Å². The minimum absolute atomic E-state index is 0.00758. The van der Waals surface area contributed by atoms with Crippen molar-refractivity contribution < 1.29 is 38.2 Å². The van der Waals surface area contributed by atoms with Crippen LogP contribution in [0.1, 0.15) is 51.4 Å². The van der Waals surface area contributed by atoms with Gasteiger partial charge >= 0.3 is 11.9 Å². The molecule has 4 amide bonds. The lowest BCUT2D eigenvalue weighted by Gasteiger charge is -2.28. The third-order valence-electron chi connectivity index (χ3n) is 8.69. The highest BCUT2D eigenvalue weighted by molar-refractivity contribution is 6.06. The van der Waals surface area contributed by atoms with E-state index in [9.17, 15) is 28.8 Å². The number of hydrogen-bond acceptors (Lipinski definition) is 8. The van der Waals surface area contributed by atoms with Gasteiger partial charge in [-0.25, -0.2) is 0 Å². The van der Waals surface area contributed by atoms with Crippen LogP contribution in [0, 0.1) is 35.5 Å². The summed E-state index contributed by atoms with van der Waals surface area (Å²) in [6.07, 6.45) is 12.4. The van der Waals surface area contributed by atoms with Gasteiger partial charge in [0.05, 0.1) is 48.6 Å². The number of likely N-dealkylation sites (tertiary alicyclic amines) is 2. The highest BCUT2D eigenvalue weighted by Gasteiger charge is 2.48. The number of ether oxygens (including phenoxy) is 2. The third-order valence-corrected chi connectivity index (χ3v) is 8.69. The normalized spacial score (nSPS) is 32.4. The van der Waals surface area contributed by atoms with Crippen LogP contribution in [0.3, 0.4) is 0 Å². The molecule has 6 atom stereocenters. The second-order valence-corrected chi connectivity index (χ2v) is 10.8. The predicted molar refractivity (Wildman–Crippen MR) is 132 cm³/mol. The average Bonchev–Trinajstić information content (AvgIpc) is 3.33. The summed E-state index contributed by atoms with van der Waals surface area (Å²) in [4.78, 5) is 78.5. The Morgan fingerprint density at radius 1 is 0.605 bits per heavy atom. The predicted octanol–water partition coefficient (Wildman–Crippen LogP) is 1.78. The number of rotatable bonds is 8. The number of carbonyl (C=O) groups excluding carboxylic acids is 6. The first kappa shape index (κ1) is 26.3. The summed E-state index contributed by atoms with van der Waals surface area (Å²) in [6, 6.07) is 0. The number of fused-ring (bicyclic) bond motifs is 2. The first-order valence-electron chi connectivity index (χ1n) is 13.7. The summed E-state index contributed by atoms with van der Waals surface area (Å²) < 4.78 is 10.9. The second kappa shape index (κ2) is 11.2. The van der Waals surface area contributed by atoms with E-state index in [1.807, 2.05) is 24.3 Å². The summed E-state index contributed by atoms with van der Waals surface area (Å²) >= 11 is 0. The number of nitrogens with zero attached hydrogens (tertiary/aromatic N) is 2. The van der Waals surface area contributed by atoms with Crippen molar-refractivity contribution in [2.24, 2.45) is 35.5 Å². The minimum Gasteiger partial charge on any atom is -0.464 e. The first-order chi connectivity index (χ1) is 18.4. The largest absolute Gasteiger partial charge is 0.464 e. The summed E-state index contributed by atoms with van der Waals surface area (Å²) in [5.74, 6) is -4.59. The summed E-state index contributed by atoms with van der Waals surface area (Å²) in [5, 5.41) is 0. The van der Waals surface area contributed by atoms with Crippen LogP contribution in [0.2, 0.25) is 0 Å². The van der Waals surface area contributed by atoms with Crippen molar-refractivity contribution in [1.29, 1.82) is 0 Å². The maximum Gasteiger partial charge on any atom is 0.309 e. The smallest absolute Gasteiger partial charge is 0.309 e. The lowest BCUT2D eigenvalue weighted by Crippen LogP contribution is -2.39. The molecule has 2 aliphatic heterocycles. The summed E-state index contributed by atoms with van der Waals surface area (Å²) in [5.41, 5.74) is 0. The topological polar surface area (TPSA) is 127 Å². The molecule has 204 valence electrons. The maximum atomic E-state index is 12.9. The number of hydrogen-bond donors (Lipinski definition) is 0. The molecule has 38 heavy (non-hydrogen) atoms. The first-order valence-corrected chi connectivity index (χ1v) is 13.7. The highest BCUT2D eigenvalue weighted by Crippen LogP contribution is 2.36. The molecule has 3 aliphatic carbocycles. The molecule has 10 nitrogen and oxygen atoms in total. The molecule has 0 radical (unpaired) electrons. The van der Waals surface area contributed by atoms with E-state index in [1.54, 1.807) is 0 Å². The van der Waals surface area contributed by atoms with Crippen molar-refractivity contribution in [3.63, 3.8) is 0 Å². The van der Waals surface area contributed by atoms with E-state index in [0.29, 0.717) is 38.5 Å². The fourth-order valence-corrected chi connectivity index (χ4v) is 6.56. The molecule has 2 saturated heterocycles. The van der Waals surface area contributed by atoms with Gasteiger partial charge in [0.2, 0.25) is 23.6 Å². The highest BCUT2D eigenvalue weighted by atomic mass is 16.5. The van der Waals surface area contributed by atoms with Crippen molar-refractivity contribution in [3.8, 4) is 0 Å². The van der Waals surface area contributed by atoms with Gasteiger partial charge in [0.1, 0.15) is 13.2 Å². The van der Waals surface area contributed by atoms with Gasteiger partial charge < -0.3 is 9.47 Å². The van der Waals surface area contributed by atoms with Crippen LogP contribution >= 0.6 is 0 Å². The van der Waals surface area contributed by atoms with Crippen LogP contribution in [0.5, 0.6) is 0 Å². The Balaban J connectivity index is 1.09. The molecule has 10 heteroatoms. The van der Waals surface area contributed by atoms with E-state index in [1.165, 1.54) is 9.80 Å². The van der Waals surface area contributed by atoms with Crippen LogP contribution in [-0.2, 0) is 38.2 Å². The molecule has 6 unspecified atom stereocenters. The number of amides is 4. The second-order valence-electron chi connectivity index (χ2n) is 10.8. The van der Waals surface area contributed by atoms with Crippen molar-refractivity contribution in [3.05, 3.63) is 24.3 Å². The summed E-state index contributed by atoms with van der Waals surface area (Å²) in [6.45, 7) is -0.211. The molecule has 0 spiro atoms. The molecular weight excluding hydrogens is 492 g/mol. The number of imide groups is 2. The minimum atomic E-state index is -0.669. The van der Waals surface area contributed by atoms with Gasteiger partial charge in [-0.2, -0.15) is 0 Å². The van der Waals surface area contributed by atoms with Crippen LogP contribution in [0.4, 0.5) is 0 Å². The van der Waals surface area contributed by atoms with E-state index in [2.05, 4.69) is 0 Å². The lowest BCUT2D eigenvalue weighted by atomic mass is 9.79. The monoisotopic (exact) mass is 526 g/mol. The molecule has 0 N–H and O–H groups in total. The van der Waals surface area contributed by atoms with Crippen molar-refractivity contribution in [1.82, 2.24) is 9.80 Å². The van der Waals surface area contributed by atoms with Gasteiger partial charge in [-0.3, -0.25) is 38.6 Å². The molecule has 3 fully saturated rings. The molecule has 5 aliphatic rings. The van der Waals surface area contributed by atoms with Crippen molar-refractivity contribution >= 4 is 35.6 Å². The van der Waals surface area contributed by atoms with Gasteiger partial charge in [-0.1, -0.05) is 37.1 Å². The molecular formula is C28H34N2O8. The molecule has 2 heterocycles. The Kier molecular flexibility index (Phi) is 7.76. The van der Waals surface area contributed by atoms with Crippen LogP contribution < -0.4 is 0 Å². The van der Waals surface area contributed by atoms with E-state index in [0.717, 1.165) is 12.8 Å². The SMILES string of the molecule is O=C(OCCN1C(=O)C2CC=CCC2C1=O)C1CCCCC1C(=O)OCCN1C(=O)C2CC=CCC2C1=O. The van der Waals surface area contributed by atoms with Gasteiger partial charge in [-0.05, 0) is 38.5 Å². The van der Waals surface area contributed by atoms with Gasteiger partial charge in [0.25, 0.3) is 0 Å². The standard InChI is InChI=1S/C28H34N2O8/c31-23-17-7-1-2-8-18(17)24(32)29(23)13-15-37-27(35)21-11-5-6-12-22(21)28(36)38-16-14-30-25(33)19-9-3-4-10-20(19)26(30)34/h1-4,17-22H,5-16H2. The van der Waals surface area contributed by atoms with Crippen molar-refractivity contribution in [2.45, 2.75) is 51.4 Å². The zero-order chi connectivity index (χ0) is 26.8. The molecule has 1 saturated carbocycles. The van der Waals surface area contributed by atoms with E-state index in [-0.39, 0.29) is 73.6 Å². The number of esters is 2. The van der Waals surface area contributed by atoms with Crippen LogP contribution in [0.25, 0.3) is 0 Å². The van der Waals surface area contributed by atoms with Crippen molar-refractivity contribution in [2.75, 3.05) is 26.3 Å². The number of carbonyl (C=O) groups is 6. The zero-order valence-corrected chi connectivity index (χ0v) is 21.4. The van der Waals surface area contributed by atoms with Gasteiger partial charge in [0.15, 0.2) is 0 Å². The Hall–Kier alpha value is -3.30. The molecule has 0 bridgehead atoms. The maximum absolute atomic E-state index is 12.9. The Labute approximate surface area is 221 Å². The Morgan fingerprint density at radius 2 is 0.921 bits per heavy atom. The van der Waals surface area contributed by atoms with Gasteiger partial charge in [-0.15, -0.1) is 0 Å². The third kappa shape index (κ3) is 4.92. The van der Waals surface area contributed by atoms with Crippen LogP contribution in [-0.4, -0.2) is 71.7 Å². The fraction of sp³-hybridized carbons (Fsp3) is 0.643. The summed E-state index contributed by atoms with van der Waals surface area (Å²) in [7, 11) is 0. The van der Waals surface area contributed by atoms with Gasteiger partial charge in [0, 0.05) is 0 Å². The Morgan fingerprint density at radius 3 is 1.24 bits per heavy atom. The lowest BCUT2D eigenvalue weighted by molar-refractivity contribution is -0.164. The fourth-order valence-electron chi connectivity index (χ4n) is 6.56. The quantitative estimate of drug-likeness (QED) is 0.266. The average molecular weight is 527 g/mol. The molecule has 5 rings (SSSR count). The van der Waals surface area contributed by atoms with E-state index < -0.39 is 23.8 Å². The number of allylic oxidation sites excluding steroid dienone is 4. The Bertz CT molecular complexity index is 945.